The zero-order valence-electron chi connectivity index (χ0n) is 45.8. The van der Waals surface area contributed by atoms with Crippen LogP contribution >= 0.6 is 0 Å². The minimum absolute atomic E-state index is 0.0537. The summed E-state index contributed by atoms with van der Waals surface area (Å²) >= 11 is 0. The first kappa shape index (κ1) is 47.2. The summed E-state index contributed by atoms with van der Waals surface area (Å²) in [6, 6.07) is 75.6. The maximum absolute atomic E-state index is 6.52. The van der Waals surface area contributed by atoms with E-state index in [9.17, 15) is 0 Å². The summed E-state index contributed by atoms with van der Waals surface area (Å²) in [4.78, 5) is 7.62. The summed E-state index contributed by atoms with van der Waals surface area (Å²) in [5.41, 5.74) is 28.1. The lowest BCUT2D eigenvalue weighted by Crippen LogP contribution is -2.61. The number of benzene rings is 9. The third kappa shape index (κ3) is 7.33. The van der Waals surface area contributed by atoms with Gasteiger partial charge in [0.2, 0.25) is 0 Å². The summed E-state index contributed by atoms with van der Waals surface area (Å²) in [5, 5.41) is 1.19. The number of allylic oxidation sites excluding steroid dienone is 1. The molecule has 376 valence electrons. The molecule has 0 fully saturated rings. The van der Waals surface area contributed by atoms with E-state index < -0.39 is 0 Å². The summed E-state index contributed by atoms with van der Waals surface area (Å²) in [6.45, 7) is 21.2. The van der Waals surface area contributed by atoms with Crippen molar-refractivity contribution in [3.8, 4) is 11.1 Å². The largest absolute Gasteiger partial charge is 0.460 e. The van der Waals surface area contributed by atoms with Crippen molar-refractivity contribution < 1.29 is 4.42 Å². The maximum Gasteiger partial charge on any atom is 0.252 e. The number of nitrogens with zero attached hydrogens (tertiary/aromatic N) is 3. The van der Waals surface area contributed by atoms with Gasteiger partial charge >= 0.3 is 0 Å². The third-order valence-electron chi connectivity index (χ3n) is 17.4. The van der Waals surface area contributed by atoms with Crippen LogP contribution in [0.5, 0.6) is 0 Å². The van der Waals surface area contributed by atoms with Crippen LogP contribution in [0.4, 0.5) is 51.2 Å². The summed E-state index contributed by atoms with van der Waals surface area (Å²) < 4.78 is 6.52. The van der Waals surface area contributed by atoms with Crippen LogP contribution in [-0.4, -0.2) is 6.71 Å². The van der Waals surface area contributed by atoms with Gasteiger partial charge in [0, 0.05) is 74.0 Å². The summed E-state index contributed by atoms with van der Waals surface area (Å²) in [5.74, 6) is 1.09. The van der Waals surface area contributed by atoms with E-state index >= 15 is 0 Å². The first-order chi connectivity index (χ1) is 37.1. The molecule has 9 aromatic carbocycles. The van der Waals surface area contributed by atoms with Gasteiger partial charge in [0.1, 0.15) is 11.3 Å². The van der Waals surface area contributed by atoms with Crippen LogP contribution in [0, 0.1) is 0 Å². The van der Waals surface area contributed by atoms with Gasteiger partial charge in [-0.15, -0.1) is 0 Å². The Labute approximate surface area is 455 Å². The lowest BCUT2D eigenvalue weighted by atomic mass is 9.33. The van der Waals surface area contributed by atoms with E-state index in [2.05, 4.69) is 277 Å². The normalized spacial score (nSPS) is 14.9. The van der Waals surface area contributed by atoms with E-state index in [0.717, 1.165) is 52.6 Å². The predicted octanol–water partition coefficient (Wildman–Crippen LogP) is 17.7. The first-order valence-electron chi connectivity index (χ1n) is 27.7. The standard InChI is InChI=1S/C72H64BN3O/c1-45-28-39-66-68(56-25-17-19-27-65(56)77-66)67(45)46-29-32-51(33-30-46)75-61-38-31-47(70(2,3)4)40-60(61)73-59-37-35-53(74(49-20-12-10-13-21-49)50-22-14-11-15-23-50)44-62(59)76(64-42-48(71(5,6)7)41-63(75)69(64)73)52-34-36-55-54-24-16-18-26-57(54)72(8,9)58(55)43-52/h10-27,29-38,40-44H,28,39H2,1-9H3. The zero-order valence-corrected chi connectivity index (χ0v) is 45.8. The van der Waals surface area contributed by atoms with Gasteiger partial charge < -0.3 is 19.1 Å². The number of para-hydroxylation sites is 3. The Morgan fingerprint density at radius 3 is 1.82 bits per heavy atom. The molecular formula is C72H64BN3O. The van der Waals surface area contributed by atoms with Gasteiger partial charge in [-0.25, -0.2) is 0 Å². The number of rotatable bonds is 6. The summed E-state index contributed by atoms with van der Waals surface area (Å²) in [6.07, 6.45) is 1.91. The van der Waals surface area contributed by atoms with E-state index in [0.29, 0.717) is 0 Å². The lowest BCUT2D eigenvalue weighted by molar-refractivity contribution is 0.542. The highest BCUT2D eigenvalue weighted by atomic mass is 16.3. The van der Waals surface area contributed by atoms with E-state index in [4.69, 9.17) is 4.42 Å². The topological polar surface area (TPSA) is 22.9 Å². The molecule has 0 saturated heterocycles. The van der Waals surface area contributed by atoms with Crippen LogP contribution in [0.25, 0.3) is 27.7 Å². The second kappa shape index (κ2) is 17.1. The molecule has 0 amide bonds. The molecule has 0 bridgehead atoms. The smallest absolute Gasteiger partial charge is 0.252 e. The molecule has 5 heteroatoms. The highest BCUT2D eigenvalue weighted by Gasteiger charge is 2.46. The highest BCUT2D eigenvalue weighted by Crippen LogP contribution is 2.53. The van der Waals surface area contributed by atoms with Crippen molar-refractivity contribution in [1.82, 2.24) is 0 Å². The molecule has 10 aromatic rings. The molecule has 1 aromatic heterocycles. The van der Waals surface area contributed by atoms with Crippen molar-refractivity contribution in [2.45, 2.75) is 91.4 Å². The minimum atomic E-state index is -0.182. The molecule has 0 N–H and O–H groups in total. The molecule has 2 aliphatic heterocycles. The maximum atomic E-state index is 6.52. The Morgan fingerprint density at radius 2 is 1.12 bits per heavy atom. The average Bonchev–Trinajstić information content (AvgIpc) is 4.07. The quantitative estimate of drug-likeness (QED) is 0.155. The molecule has 4 nitrogen and oxygen atoms in total. The molecule has 0 unspecified atom stereocenters. The fourth-order valence-corrected chi connectivity index (χ4v) is 13.4. The number of fused-ring (bicyclic) bond motifs is 10. The van der Waals surface area contributed by atoms with E-state index in [1.807, 2.05) is 0 Å². The van der Waals surface area contributed by atoms with Gasteiger partial charge in [0.05, 0.1) is 0 Å². The van der Waals surface area contributed by atoms with Gasteiger partial charge in [-0.3, -0.25) is 0 Å². The molecule has 77 heavy (non-hydrogen) atoms. The highest BCUT2D eigenvalue weighted by molar-refractivity contribution is 7.00. The fraction of sp³-hybridized carbons (Fsp3) is 0.194. The number of furan rings is 1. The molecule has 0 atom stereocenters. The minimum Gasteiger partial charge on any atom is -0.460 e. The molecular weight excluding hydrogens is 934 g/mol. The van der Waals surface area contributed by atoms with Crippen LogP contribution in [0.1, 0.15) is 108 Å². The van der Waals surface area contributed by atoms with Gasteiger partial charge in [-0.2, -0.15) is 0 Å². The number of aryl methyl sites for hydroxylation is 1. The van der Waals surface area contributed by atoms with Crippen molar-refractivity contribution in [3.63, 3.8) is 0 Å². The van der Waals surface area contributed by atoms with Gasteiger partial charge in [0.15, 0.2) is 0 Å². The van der Waals surface area contributed by atoms with Crippen LogP contribution < -0.4 is 31.1 Å². The van der Waals surface area contributed by atoms with Gasteiger partial charge in [0.25, 0.3) is 6.71 Å². The van der Waals surface area contributed by atoms with Crippen LogP contribution in [-0.2, 0) is 22.7 Å². The van der Waals surface area contributed by atoms with Crippen molar-refractivity contribution in [2.24, 2.45) is 0 Å². The van der Waals surface area contributed by atoms with Crippen molar-refractivity contribution in [2.75, 3.05) is 14.7 Å². The van der Waals surface area contributed by atoms with Crippen molar-refractivity contribution >= 4 is 90.8 Å². The molecule has 2 aliphatic carbocycles. The van der Waals surface area contributed by atoms with Crippen molar-refractivity contribution in [3.05, 3.63) is 245 Å². The Hall–Kier alpha value is -8.28. The van der Waals surface area contributed by atoms with Crippen LogP contribution in [0.15, 0.2) is 210 Å². The molecule has 14 rings (SSSR count). The van der Waals surface area contributed by atoms with Gasteiger partial charge in [-0.05, 0) is 170 Å². The predicted molar refractivity (Wildman–Crippen MR) is 326 cm³/mol. The van der Waals surface area contributed by atoms with E-state index in [-0.39, 0.29) is 23.0 Å². The van der Waals surface area contributed by atoms with E-state index in [1.54, 1.807) is 0 Å². The Kier molecular flexibility index (Phi) is 10.5. The molecule has 4 aliphatic rings. The first-order valence-corrected chi connectivity index (χ1v) is 27.7. The Bertz CT molecular complexity index is 4020. The Morgan fingerprint density at radius 1 is 0.494 bits per heavy atom. The number of hydrogen-bond acceptors (Lipinski definition) is 4. The number of hydrogen-bond donors (Lipinski definition) is 0. The van der Waals surface area contributed by atoms with Crippen LogP contribution in [0.2, 0.25) is 0 Å². The summed E-state index contributed by atoms with van der Waals surface area (Å²) in [7, 11) is 0. The fourth-order valence-electron chi connectivity index (χ4n) is 13.4. The second-order valence-electron chi connectivity index (χ2n) is 24.6. The zero-order chi connectivity index (χ0) is 52.7. The third-order valence-corrected chi connectivity index (χ3v) is 17.4. The number of anilines is 9. The SMILES string of the molecule is CC1=C(c2ccc(N3c4ccc(C(C)(C)C)cc4B4c5ccc(N(c6ccccc6)c6ccccc6)cc5N(c5ccc6c(c5)C(C)(C)c5ccccc5-6)c5cc(C(C)(C)C)cc3c54)cc2)c2c(oc3ccccc23)CC1. The lowest BCUT2D eigenvalue weighted by Gasteiger charge is -2.46. The van der Waals surface area contributed by atoms with Crippen LogP contribution in [0.3, 0.4) is 0 Å². The van der Waals surface area contributed by atoms with E-state index in [1.165, 1.54) is 100 Å². The molecule has 0 saturated carbocycles. The Balaban J connectivity index is 1.03. The molecule has 0 radical (unpaired) electrons. The van der Waals surface area contributed by atoms with Gasteiger partial charge in [-0.1, -0.05) is 176 Å². The monoisotopic (exact) mass is 998 g/mol. The van der Waals surface area contributed by atoms with Crippen molar-refractivity contribution in [1.29, 1.82) is 0 Å². The molecule has 3 heterocycles. The average molecular weight is 998 g/mol. The molecule has 0 spiro atoms. The second-order valence-corrected chi connectivity index (χ2v) is 24.6.